The fraction of sp³-hybridized carbons (Fsp3) is 0.192. The summed E-state index contributed by atoms with van der Waals surface area (Å²) < 4.78 is 5.75. The van der Waals surface area contributed by atoms with Gasteiger partial charge < -0.3 is 9.64 Å². The number of nitrogens with one attached hydrogen (secondary N) is 1. The summed E-state index contributed by atoms with van der Waals surface area (Å²) in [7, 11) is 0. The third-order valence-electron chi connectivity index (χ3n) is 5.78. The molecule has 0 saturated heterocycles. The molecular weight excluding hydrogens is 400 g/mol. The van der Waals surface area contributed by atoms with E-state index in [0.717, 1.165) is 33.7 Å². The van der Waals surface area contributed by atoms with Gasteiger partial charge >= 0.3 is 0 Å². The predicted molar refractivity (Wildman–Crippen MR) is 122 cm³/mol. The predicted octanol–water partition coefficient (Wildman–Crippen LogP) is 4.92. The SMILES string of the molecule is CCOc1cccc(C2c3c(-c4ccc(C)cc4)n[nH]c3C(=O)N2Cc2ccncc2)c1. The Hall–Kier alpha value is -3.93. The molecule has 3 heterocycles. The Bertz CT molecular complexity index is 1250. The normalized spacial score (nSPS) is 15.1. The largest absolute Gasteiger partial charge is 0.494 e. The van der Waals surface area contributed by atoms with Crippen LogP contribution in [0.2, 0.25) is 0 Å². The zero-order chi connectivity index (χ0) is 22.1. The molecule has 160 valence electrons. The molecular formula is C26H24N4O2. The highest BCUT2D eigenvalue weighted by atomic mass is 16.5. The van der Waals surface area contributed by atoms with E-state index in [9.17, 15) is 4.79 Å². The van der Waals surface area contributed by atoms with Crippen molar-refractivity contribution in [1.29, 1.82) is 0 Å². The van der Waals surface area contributed by atoms with Gasteiger partial charge in [0.25, 0.3) is 5.91 Å². The molecule has 2 aromatic carbocycles. The number of H-pyrrole nitrogens is 1. The maximum Gasteiger partial charge on any atom is 0.273 e. The van der Waals surface area contributed by atoms with Crippen molar-refractivity contribution < 1.29 is 9.53 Å². The van der Waals surface area contributed by atoms with E-state index < -0.39 is 0 Å². The Kier molecular flexibility index (Phi) is 5.19. The molecule has 5 rings (SSSR count). The van der Waals surface area contributed by atoms with Crippen LogP contribution in [0.4, 0.5) is 0 Å². The van der Waals surface area contributed by atoms with Gasteiger partial charge in [-0.15, -0.1) is 0 Å². The first-order valence-electron chi connectivity index (χ1n) is 10.7. The topological polar surface area (TPSA) is 71.1 Å². The molecule has 4 aromatic rings. The molecule has 1 amide bonds. The molecule has 1 unspecified atom stereocenters. The lowest BCUT2D eigenvalue weighted by molar-refractivity contribution is 0.0729. The quantitative estimate of drug-likeness (QED) is 0.477. The number of benzene rings is 2. The van der Waals surface area contributed by atoms with Crippen LogP contribution in [-0.2, 0) is 6.54 Å². The number of aromatic amines is 1. The Balaban J connectivity index is 1.64. The van der Waals surface area contributed by atoms with Crippen LogP contribution >= 0.6 is 0 Å². The average molecular weight is 425 g/mol. The van der Waals surface area contributed by atoms with Crippen molar-refractivity contribution in [2.75, 3.05) is 6.61 Å². The molecule has 0 saturated carbocycles. The second kappa shape index (κ2) is 8.30. The lowest BCUT2D eigenvalue weighted by Gasteiger charge is -2.27. The van der Waals surface area contributed by atoms with Gasteiger partial charge in [-0.05, 0) is 49.2 Å². The smallest absolute Gasteiger partial charge is 0.273 e. The van der Waals surface area contributed by atoms with Gasteiger partial charge in [0.1, 0.15) is 11.4 Å². The van der Waals surface area contributed by atoms with Gasteiger partial charge in [0.05, 0.1) is 18.3 Å². The highest BCUT2D eigenvalue weighted by Crippen LogP contribution is 2.44. The number of amides is 1. The lowest BCUT2D eigenvalue weighted by atomic mass is 9.95. The van der Waals surface area contributed by atoms with E-state index in [-0.39, 0.29) is 11.9 Å². The third kappa shape index (κ3) is 3.54. The van der Waals surface area contributed by atoms with Crippen LogP contribution in [0.1, 0.15) is 45.7 Å². The van der Waals surface area contributed by atoms with Gasteiger partial charge in [-0.2, -0.15) is 5.10 Å². The number of fused-ring (bicyclic) bond motifs is 1. The molecule has 6 heteroatoms. The summed E-state index contributed by atoms with van der Waals surface area (Å²) in [5.74, 6) is 0.727. The Labute approximate surface area is 186 Å². The van der Waals surface area contributed by atoms with Crippen LogP contribution in [0.5, 0.6) is 5.75 Å². The zero-order valence-electron chi connectivity index (χ0n) is 18.1. The van der Waals surface area contributed by atoms with Gasteiger partial charge in [0, 0.05) is 30.1 Å². The second-order valence-electron chi connectivity index (χ2n) is 7.92. The molecule has 6 nitrogen and oxygen atoms in total. The van der Waals surface area contributed by atoms with Crippen LogP contribution in [0.15, 0.2) is 73.1 Å². The maximum absolute atomic E-state index is 13.5. The summed E-state index contributed by atoms with van der Waals surface area (Å²) in [5, 5.41) is 7.57. The minimum atomic E-state index is -0.277. The molecule has 0 fully saturated rings. The molecule has 0 spiro atoms. The average Bonchev–Trinajstić information content (AvgIpc) is 3.35. The minimum Gasteiger partial charge on any atom is -0.494 e. The van der Waals surface area contributed by atoms with Crippen LogP contribution in [0, 0.1) is 6.92 Å². The summed E-state index contributed by atoms with van der Waals surface area (Å²) in [6.07, 6.45) is 3.50. The lowest BCUT2D eigenvalue weighted by Crippen LogP contribution is -2.29. The molecule has 1 N–H and O–H groups in total. The van der Waals surface area contributed by atoms with Gasteiger partial charge in [0.2, 0.25) is 0 Å². The number of aryl methyl sites for hydroxylation is 1. The van der Waals surface area contributed by atoms with Crippen LogP contribution in [0.3, 0.4) is 0 Å². The highest BCUT2D eigenvalue weighted by Gasteiger charge is 2.42. The minimum absolute atomic E-state index is 0.0607. The molecule has 0 radical (unpaired) electrons. The maximum atomic E-state index is 13.5. The summed E-state index contributed by atoms with van der Waals surface area (Å²) in [6.45, 7) is 5.08. The van der Waals surface area contributed by atoms with Crippen LogP contribution in [0.25, 0.3) is 11.3 Å². The standard InChI is InChI=1S/C26H24N4O2/c1-3-32-21-6-4-5-20(15-21)25-22-23(19-9-7-17(2)8-10-19)28-29-24(22)26(31)30(25)16-18-11-13-27-14-12-18/h4-15,25H,3,16H2,1-2H3,(H,28,29). The fourth-order valence-electron chi connectivity index (χ4n) is 4.26. The second-order valence-corrected chi connectivity index (χ2v) is 7.92. The Morgan fingerprint density at radius 1 is 1.06 bits per heavy atom. The van der Waals surface area contributed by atoms with Gasteiger partial charge in [-0.25, -0.2) is 0 Å². The summed E-state index contributed by atoms with van der Waals surface area (Å²) in [5.41, 5.74) is 6.43. The molecule has 32 heavy (non-hydrogen) atoms. The number of rotatable bonds is 6. The monoisotopic (exact) mass is 424 g/mol. The number of hydrogen-bond acceptors (Lipinski definition) is 4. The number of nitrogens with zero attached hydrogens (tertiary/aromatic N) is 3. The van der Waals surface area contributed by atoms with E-state index in [1.54, 1.807) is 12.4 Å². The molecule has 0 aliphatic carbocycles. The number of hydrogen-bond donors (Lipinski definition) is 1. The van der Waals surface area contributed by atoms with E-state index in [4.69, 9.17) is 4.74 Å². The first-order chi connectivity index (χ1) is 15.7. The summed E-state index contributed by atoms with van der Waals surface area (Å²) >= 11 is 0. The molecule has 1 aliphatic rings. The van der Waals surface area contributed by atoms with E-state index in [1.165, 1.54) is 5.56 Å². The zero-order valence-corrected chi connectivity index (χ0v) is 18.1. The summed E-state index contributed by atoms with van der Waals surface area (Å²) in [4.78, 5) is 19.5. The van der Waals surface area contributed by atoms with E-state index in [2.05, 4.69) is 46.4 Å². The first-order valence-corrected chi connectivity index (χ1v) is 10.7. The van der Waals surface area contributed by atoms with E-state index in [0.29, 0.717) is 18.8 Å². The molecule has 2 aromatic heterocycles. The van der Waals surface area contributed by atoms with E-state index in [1.807, 2.05) is 48.2 Å². The number of aromatic nitrogens is 3. The number of carbonyl (C=O) groups excluding carboxylic acids is 1. The van der Waals surface area contributed by atoms with Crippen molar-refractivity contribution in [2.24, 2.45) is 0 Å². The van der Waals surface area contributed by atoms with Crippen molar-refractivity contribution in [3.63, 3.8) is 0 Å². The third-order valence-corrected chi connectivity index (χ3v) is 5.78. The van der Waals surface area contributed by atoms with Crippen molar-refractivity contribution in [1.82, 2.24) is 20.1 Å². The highest BCUT2D eigenvalue weighted by molar-refractivity contribution is 6.00. The fourth-order valence-corrected chi connectivity index (χ4v) is 4.26. The first kappa shape index (κ1) is 20.0. The van der Waals surface area contributed by atoms with Gasteiger partial charge in [0.15, 0.2) is 0 Å². The van der Waals surface area contributed by atoms with Crippen LogP contribution in [-0.4, -0.2) is 32.6 Å². The van der Waals surface area contributed by atoms with Gasteiger partial charge in [-0.1, -0.05) is 42.0 Å². The number of pyridine rings is 1. The van der Waals surface area contributed by atoms with Crippen LogP contribution < -0.4 is 4.74 Å². The number of carbonyl (C=O) groups is 1. The molecule has 1 atom stereocenters. The Morgan fingerprint density at radius 2 is 1.84 bits per heavy atom. The van der Waals surface area contributed by atoms with Gasteiger partial charge in [-0.3, -0.25) is 14.9 Å². The summed E-state index contributed by atoms with van der Waals surface area (Å²) in [6, 6.07) is 19.8. The van der Waals surface area contributed by atoms with E-state index >= 15 is 0 Å². The molecule has 1 aliphatic heterocycles. The van der Waals surface area contributed by atoms with Crippen molar-refractivity contribution in [2.45, 2.75) is 26.4 Å². The Morgan fingerprint density at radius 3 is 2.59 bits per heavy atom. The van der Waals surface area contributed by atoms with Crippen molar-refractivity contribution >= 4 is 5.91 Å². The molecule has 0 bridgehead atoms. The number of ether oxygens (including phenoxy) is 1. The van der Waals surface area contributed by atoms with Crippen molar-refractivity contribution in [3.05, 3.63) is 101 Å². The van der Waals surface area contributed by atoms with Crippen molar-refractivity contribution in [3.8, 4) is 17.0 Å².